The summed E-state index contributed by atoms with van der Waals surface area (Å²) in [6, 6.07) is 6.24. The van der Waals surface area contributed by atoms with Crippen molar-refractivity contribution in [2.24, 2.45) is 0 Å². The first-order valence-corrected chi connectivity index (χ1v) is 9.89. The Bertz CT molecular complexity index is 849. The number of aromatic amines is 1. The lowest BCUT2D eigenvalue weighted by atomic mass is 9.99. The Balaban J connectivity index is 1.56. The summed E-state index contributed by atoms with van der Waals surface area (Å²) >= 11 is 0. The fourth-order valence-electron chi connectivity index (χ4n) is 4.30. The van der Waals surface area contributed by atoms with E-state index in [1.165, 1.54) is 17.5 Å². The molecule has 1 aromatic carbocycles. The molecule has 1 amide bonds. The van der Waals surface area contributed by atoms with Crippen LogP contribution < -0.4 is 4.74 Å². The molecular weight excluding hydrogens is 338 g/mol. The minimum Gasteiger partial charge on any atom is -0.493 e. The number of aromatic nitrogens is 2. The second kappa shape index (κ2) is 7.59. The third kappa shape index (κ3) is 3.64. The topological polar surface area (TPSA) is 58.2 Å². The van der Waals surface area contributed by atoms with Gasteiger partial charge in [-0.3, -0.25) is 9.89 Å². The molecule has 5 heteroatoms. The molecule has 142 valence electrons. The van der Waals surface area contributed by atoms with Gasteiger partial charge in [0.2, 0.25) is 5.91 Å². The lowest BCUT2D eigenvalue weighted by molar-refractivity contribution is -0.128. The van der Waals surface area contributed by atoms with Crippen molar-refractivity contribution in [3.8, 4) is 5.75 Å². The molecule has 3 heterocycles. The molecule has 1 saturated heterocycles. The summed E-state index contributed by atoms with van der Waals surface area (Å²) in [5.74, 6) is 1.05. The fourth-order valence-corrected chi connectivity index (χ4v) is 4.30. The maximum atomic E-state index is 13.1. The standard InChI is InChI=1S/C22H27N3O2/c1-15-22(16(2)24-23-15)19-6-4-3-5-12-25(19)21(26)10-8-17-7-9-20-18(14-17)11-13-27-20/h7-10,14,19H,3-6,11-13H2,1-2H3,(H,23,24). The Labute approximate surface area is 160 Å². The van der Waals surface area contributed by atoms with Gasteiger partial charge in [-0.25, -0.2) is 0 Å². The Hall–Kier alpha value is -2.56. The van der Waals surface area contributed by atoms with Crippen LogP contribution in [0.1, 0.15) is 59.8 Å². The Morgan fingerprint density at radius 3 is 3.00 bits per heavy atom. The van der Waals surface area contributed by atoms with E-state index in [1.54, 1.807) is 6.08 Å². The van der Waals surface area contributed by atoms with Crippen molar-refractivity contribution < 1.29 is 9.53 Å². The molecule has 4 rings (SSSR count). The molecule has 1 fully saturated rings. The predicted molar refractivity (Wildman–Crippen MR) is 106 cm³/mol. The number of aryl methyl sites for hydroxylation is 2. The Morgan fingerprint density at radius 2 is 2.19 bits per heavy atom. The molecule has 0 aliphatic carbocycles. The lowest BCUT2D eigenvalue weighted by Crippen LogP contribution is -2.34. The number of carbonyl (C=O) groups excluding carboxylic acids is 1. The second-order valence-corrected chi connectivity index (χ2v) is 7.54. The highest BCUT2D eigenvalue weighted by Crippen LogP contribution is 2.33. The zero-order chi connectivity index (χ0) is 18.8. The van der Waals surface area contributed by atoms with E-state index in [0.717, 1.165) is 61.5 Å². The normalized spacial score (nSPS) is 19.8. The van der Waals surface area contributed by atoms with Gasteiger partial charge in [0.05, 0.1) is 18.3 Å². The van der Waals surface area contributed by atoms with Gasteiger partial charge in [0.1, 0.15) is 5.75 Å². The summed E-state index contributed by atoms with van der Waals surface area (Å²) in [6.07, 6.45) is 8.97. The van der Waals surface area contributed by atoms with Crippen molar-refractivity contribution in [2.75, 3.05) is 13.2 Å². The number of hydrogen-bond donors (Lipinski definition) is 1. The lowest BCUT2D eigenvalue weighted by Gasteiger charge is -2.29. The van der Waals surface area contributed by atoms with Crippen LogP contribution in [0, 0.1) is 13.8 Å². The van der Waals surface area contributed by atoms with Gasteiger partial charge >= 0.3 is 0 Å². The highest BCUT2D eigenvalue weighted by atomic mass is 16.5. The maximum Gasteiger partial charge on any atom is 0.247 e. The molecule has 0 saturated carbocycles. The SMILES string of the molecule is Cc1n[nH]c(C)c1C1CCCCCN1C(=O)C=Cc1ccc2c(c1)CCO2. The first kappa shape index (κ1) is 17.8. The van der Waals surface area contributed by atoms with E-state index in [-0.39, 0.29) is 11.9 Å². The molecule has 1 unspecified atom stereocenters. The molecule has 0 spiro atoms. The van der Waals surface area contributed by atoms with Crippen LogP contribution in [0.5, 0.6) is 5.75 Å². The molecular formula is C22H27N3O2. The van der Waals surface area contributed by atoms with Gasteiger partial charge in [0, 0.05) is 30.3 Å². The number of likely N-dealkylation sites (tertiary alicyclic amines) is 1. The van der Waals surface area contributed by atoms with Gasteiger partial charge in [-0.1, -0.05) is 18.9 Å². The zero-order valence-corrected chi connectivity index (χ0v) is 16.1. The summed E-state index contributed by atoms with van der Waals surface area (Å²) in [7, 11) is 0. The predicted octanol–water partition coefficient (Wildman–Crippen LogP) is 4.12. The molecule has 1 N–H and O–H groups in total. The molecule has 0 radical (unpaired) electrons. The molecule has 0 bridgehead atoms. The van der Waals surface area contributed by atoms with Gasteiger partial charge in [-0.2, -0.15) is 5.10 Å². The van der Waals surface area contributed by atoms with E-state index < -0.39 is 0 Å². The average molecular weight is 365 g/mol. The smallest absolute Gasteiger partial charge is 0.247 e. The minimum atomic E-state index is 0.0821. The number of carbonyl (C=O) groups is 1. The summed E-state index contributed by atoms with van der Waals surface area (Å²) in [5.41, 5.74) is 5.53. The minimum absolute atomic E-state index is 0.0821. The van der Waals surface area contributed by atoms with E-state index in [0.29, 0.717) is 0 Å². The van der Waals surface area contributed by atoms with Crippen molar-refractivity contribution in [1.82, 2.24) is 15.1 Å². The summed E-state index contributed by atoms with van der Waals surface area (Å²) in [6.45, 7) is 5.62. The molecule has 2 aromatic rings. The van der Waals surface area contributed by atoms with Crippen molar-refractivity contribution in [3.63, 3.8) is 0 Å². The highest BCUT2D eigenvalue weighted by Gasteiger charge is 2.29. The first-order valence-electron chi connectivity index (χ1n) is 9.89. The van der Waals surface area contributed by atoms with Crippen LogP contribution in [0.2, 0.25) is 0 Å². The van der Waals surface area contributed by atoms with Gasteiger partial charge in [-0.05, 0) is 56.0 Å². The van der Waals surface area contributed by atoms with Crippen LogP contribution in [0.15, 0.2) is 24.3 Å². The molecule has 5 nitrogen and oxygen atoms in total. The summed E-state index contributed by atoms with van der Waals surface area (Å²) in [5, 5.41) is 7.43. The molecule has 2 aliphatic heterocycles. The molecule has 1 aromatic heterocycles. The van der Waals surface area contributed by atoms with Gasteiger partial charge in [-0.15, -0.1) is 0 Å². The number of nitrogens with zero attached hydrogens (tertiary/aromatic N) is 2. The number of rotatable bonds is 3. The highest BCUT2D eigenvalue weighted by molar-refractivity contribution is 5.92. The van der Waals surface area contributed by atoms with Crippen LogP contribution in [-0.4, -0.2) is 34.2 Å². The number of ether oxygens (including phenoxy) is 1. The third-order valence-electron chi connectivity index (χ3n) is 5.69. The number of nitrogens with one attached hydrogen (secondary N) is 1. The van der Waals surface area contributed by atoms with E-state index in [2.05, 4.69) is 16.3 Å². The van der Waals surface area contributed by atoms with Crippen LogP contribution in [0.3, 0.4) is 0 Å². The molecule has 1 atom stereocenters. The van der Waals surface area contributed by atoms with E-state index in [4.69, 9.17) is 4.74 Å². The Morgan fingerprint density at radius 1 is 1.30 bits per heavy atom. The van der Waals surface area contributed by atoms with E-state index >= 15 is 0 Å². The van der Waals surface area contributed by atoms with Crippen molar-refractivity contribution >= 4 is 12.0 Å². The quantitative estimate of drug-likeness (QED) is 0.833. The van der Waals surface area contributed by atoms with Crippen LogP contribution in [0.25, 0.3) is 6.08 Å². The largest absolute Gasteiger partial charge is 0.493 e. The third-order valence-corrected chi connectivity index (χ3v) is 5.69. The van der Waals surface area contributed by atoms with Crippen molar-refractivity contribution in [1.29, 1.82) is 0 Å². The van der Waals surface area contributed by atoms with Crippen LogP contribution >= 0.6 is 0 Å². The average Bonchev–Trinajstić information content (AvgIpc) is 3.18. The van der Waals surface area contributed by atoms with Crippen molar-refractivity contribution in [2.45, 2.75) is 52.0 Å². The summed E-state index contributed by atoms with van der Waals surface area (Å²) in [4.78, 5) is 15.1. The first-order chi connectivity index (χ1) is 13.1. The monoisotopic (exact) mass is 365 g/mol. The molecule has 27 heavy (non-hydrogen) atoms. The van der Waals surface area contributed by atoms with Crippen molar-refractivity contribution in [3.05, 3.63) is 52.4 Å². The van der Waals surface area contributed by atoms with Gasteiger partial charge in [0.25, 0.3) is 0 Å². The molecule has 2 aliphatic rings. The summed E-state index contributed by atoms with van der Waals surface area (Å²) < 4.78 is 5.56. The van der Waals surface area contributed by atoms with Gasteiger partial charge in [0.15, 0.2) is 0 Å². The number of hydrogen-bond acceptors (Lipinski definition) is 3. The number of fused-ring (bicyclic) bond motifs is 1. The number of benzene rings is 1. The van der Waals surface area contributed by atoms with E-state index in [1.807, 2.05) is 37.0 Å². The second-order valence-electron chi connectivity index (χ2n) is 7.54. The van der Waals surface area contributed by atoms with E-state index in [9.17, 15) is 4.79 Å². The number of amides is 1. The Kier molecular flexibility index (Phi) is 5.01. The van der Waals surface area contributed by atoms with Crippen LogP contribution in [0.4, 0.5) is 0 Å². The van der Waals surface area contributed by atoms with Crippen LogP contribution in [-0.2, 0) is 11.2 Å². The van der Waals surface area contributed by atoms with Gasteiger partial charge < -0.3 is 9.64 Å². The maximum absolute atomic E-state index is 13.1. The zero-order valence-electron chi connectivity index (χ0n) is 16.1. The fraction of sp³-hybridized carbons (Fsp3) is 0.455. The number of H-pyrrole nitrogens is 1.